The van der Waals surface area contributed by atoms with Crippen molar-refractivity contribution in [2.24, 2.45) is 5.92 Å². The minimum absolute atomic E-state index is 0.0131. The van der Waals surface area contributed by atoms with E-state index in [0.29, 0.717) is 11.3 Å². The lowest BCUT2D eigenvalue weighted by Gasteiger charge is -2.15. The fraction of sp³-hybridized carbons (Fsp3) is 0.400. The van der Waals surface area contributed by atoms with Crippen LogP contribution in [0.2, 0.25) is 0 Å². The second-order valence-electron chi connectivity index (χ2n) is 4.88. The molecule has 0 fully saturated rings. The molecule has 0 saturated carbocycles. The fourth-order valence-corrected chi connectivity index (χ4v) is 1.55. The predicted molar refractivity (Wildman–Crippen MR) is 79.1 cm³/mol. The van der Waals surface area contributed by atoms with Crippen molar-refractivity contribution >= 4 is 23.5 Å². The number of anilines is 1. The average molecular weight is 292 g/mol. The number of rotatable bonds is 6. The van der Waals surface area contributed by atoms with Gasteiger partial charge < -0.3 is 15.7 Å². The van der Waals surface area contributed by atoms with Crippen LogP contribution in [0.3, 0.4) is 0 Å². The molecule has 0 aliphatic heterocycles. The summed E-state index contributed by atoms with van der Waals surface area (Å²) in [6, 6.07) is 6.51. The molecule has 0 radical (unpaired) electrons. The molecule has 0 aromatic heterocycles. The summed E-state index contributed by atoms with van der Waals surface area (Å²) in [5.41, 5.74) is 0.611. The van der Waals surface area contributed by atoms with Crippen molar-refractivity contribution in [2.75, 3.05) is 5.32 Å². The second-order valence-corrected chi connectivity index (χ2v) is 4.88. The number of carbonyl (C=O) groups is 3. The number of nitrogens with one attached hydrogen (secondary N) is 2. The monoisotopic (exact) mass is 292 g/mol. The molecule has 0 aliphatic carbocycles. The number of hydrogen-bond donors (Lipinski definition) is 3. The Morgan fingerprint density at radius 1 is 1.19 bits per heavy atom. The largest absolute Gasteiger partial charge is 0.481 e. The Bertz CT molecular complexity index is 542. The minimum Gasteiger partial charge on any atom is -0.481 e. The van der Waals surface area contributed by atoms with Gasteiger partial charge in [0.1, 0.15) is 5.92 Å². The molecule has 0 bridgehead atoms. The number of para-hydroxylation sites is 1. The van der Waals surface area contributed by atoms with Crippen molar-refractivity contribution in [3.05, 3.63) is 29.8 Å². The first-order valence-electron chi connectivity index (χ1n) is 6.80. The molecule has 2 atom stereocenters. The molecule has 0 heterocycles. The van der Waals surface area contributed by atoms with Crippen molar-refractivity contribution in [3.63, 3.8) is 0 Å². The van der Waals surface area contributed by atoms with E-state index in [2.05, 4.69) is 10.6 Å². The first-order chi connectivity index (χ1) is 9.86. The summed E-state index contributed by atoms with van der Waals surface area (Å²) in [6.07, 6.45) is 0.788. The van der Waals surface area contributed by atoms with Gasteiger partial charge in [-0.25, -0.2) is 0 Å². The van der Waals surface area contributed by atoms with Crippen LogP contribution in [0.25, 0.3) is 0 Å². The van der Waals surface area contributed by atoms with Crippen molar-refractivity contribution < 1.29 is 19.5 Å². The number of hydrogen-bond acceptors (Lipinski definition) is 3. The van der Waals surface area contributed by atoms with E-state index >= 15 is 0 Å². The molecule has 1 aromatic carbocycles. The van der Waals surface area contributed by atoms with Gasteiger partial charge in [-0.05, 0) is 32.4 Å². The zero-order chi connectivity index (χ0) is 16.0. The molecular weight excluding hydrogens is 272 g/mol. The number of benzene rings is 1. The molecule has 0 saturated heterocycles. The van der Waals surface area contributed by atoms with E-state index in [9.17, 15) is 14.4 Å². The predicted octanol–water partition coefficient (Wildman–Crippen LogP) is 1.87. The molecule has 6 heteroatoms. The van der Waals surface area contributed by atoms with Crippen molar-refractivity contribution in [1.82, 2.24) is 5.32 Å². The third-order valence-electron chi connectivity index (χ3n) is 3.18. The molecule has 2 amide bonds. The van der Waals surface area contributed by atoms with Gasteiger partial charge in [0.05, 0.1) is 11.3 Å². The third kappa shape index (κ3) is 4.59. The summed E-state index contributed by atoms with van der Waals surface area (Å²) in [4.78, 5) is 34.7. The fourth-order valence-electron chi connectivity index (χ4n) is 1.55. The molecule has 114 valence electrons. The van der Waals surface area contributed by atoms with Gasteiger partial charge >= 0.3 is 5.97 Å². The van der Waals surface area contributed by atoms with Crippen LogP contribution in [0, 0.1) is 5.92 Å². The lowest BCUT2D eigenvalue weighted by Crippen LogP contribution is -2.33. The smallest absolute Gasteiger partial charge is 0.315 e. The zero-order valence-electron chi connectivity index (χ0n) is 12.3. The molecule has 0 aliphatic rings. The topological polar surface area (TPSA) is 95.5 Å². The number of carbonyl (C=O) groups excluding carboxylic acids is 2. The summed E-state index contributed by atoms with van der Waals surface area (Å²) >= 11 is 0. The zero-order valence-corrected chi connectivity index (χ0v) is 12.3. The Hall–Kier alpha value is -2.37. The van der Waals surface area contributed by atoms with Gasteiger partial charge in [-0.3, -0.25) is 14.4 Å². The molecule has 2 unspecified atom stereocenters. The summed E-state index contributed by atoms with van der Waals surface area (Å²) in [6.45, 7) is 5.12. The Balaban J connectivity index is 2.92. The molecule has 3 N–H and O–H groups in total. The summed E-state index contributed by atoms with van der Waals surface area (Å²) in [5.74, 6) is -3.36. The quantitative estimate of drug-likeness (QED) is 0.697. The maximum atomic E-state index is 12.1. The van der Waals surface area contributed by atoms with E-state index < -0.39 is 17.8 Å². The van der Waals surface area contributed by atoms with E-state index in [-0.39, 0.29) is 11.9 Å². The normalized spacial score (nSPS) is 13.1. The molecular formula is C15H20N2O4. The van der Waals surface area contributed by atoms with Gasteiger partial charge in [0.15, 0.2) is 0 Å². The van der Waals surface area contributed by atoms with E-state index in [1.54, 1.807) is 24.3 Å². The van der Waals surface area contributed by atoms with Gasteiger partial charge in [-0.15, -0.1) is 0 Å². The van der Waals surface area contributed by atoms with Gasteiger partial charge in [0.2, 0.25) is 5.91 Å². The summed E-state index contributed by atoms with van der Waals surface area (Å²) in [7, 11) is 0. The van der Waals surface area contributed by atoms with Crippen LogP contribution < -0.4 is 10.6 Å². The van der Waals surface area contributed by atoms with Crippen LogP contribution in [0.15, 0.2) is 24.3 Å². The molecule has 1 aromatic rings. The van der Waals surface area contributed by atoms with E-state index in [1.807, 2.05) is 13.8 Å². The van der Waals surface area contributed by atoms with E-state index in [0.717, 1.165) is 6.42 Å². The Morgan fingerprint density at radius 3 is 2.38 bits per heavy atom. The lowest BCUT2D eigenvalue weighted by atomic mass is 10.1. The minimum atomic E-state index is -1.21. The average Bonchev–Trinajstić information content (AvgIpc) is 2.46. The number of carboxylic acid groups (broad SMARTS) is 1. The summed E-state index contributed by atoms with van der Waals surface area (Å²) < 4.78 is 0. The number of amides is 2. The Labute approximate surface area is 123 Å². The highest BCUT2D eigenvalue weighted by molar-refractivity contribution is 6.08. The van der Waals surface area contributed by atoms with Crippen LogP contribution in [0.4, 0.5) is 5.69 Å². The van der Waals surface area contributed by atoms with Crippen LogP contribution >= 0.6 is 0 Å². The van der Waals surface area contributed by atoms with Crippen molar-refractivity contribution in [1.29, 1.82) is 0 Å². The van der Waals surface area contributed by atoms with Crippen molar-refractivity contribution in [3.8, 4) is 0 Å². The molecule has 0 spiro atoms. The number of aliphatic carboxylic acids is 1. The van der Waals surface area contributed by atoms with E-state index in [4.69, 9.17) is 5.11 Å². The first kappa shape index (κ1) is 16.7. The number of carboxylic acids is 1. The Kier molecular flexibility index (Phi) is 5.90. The highest BCUT2D eigenvalue weighted by Crippen LogP contribution is 2.16. The van der Waals surface area contributed by atoms with Crippen LogP contribution in [0.5, 0.6) is 0 Å². The van der Waals surface area contributed by atoms with Crippen molar-refractivity contribution in [2.45, 2.75) is 33.2 Å². The maximum absolute atomic E-state index is 12.1. The van der Waals surface area contributed by atoms with Gasteiger partial charge in [-0.1, -0.05) is 19.1 Å². The highest BCUT2D eigenvalue weighted by Gasteiger charge is 2.22. The summed E-state index contributed by atoms with van der Waals surface area (Å²) in [5, 5.41) is 14.1. The first-order valence-corrected chi connectivity index (χ1v) is 6.80. The van der Waals surface area contributed by atoms with E-state index in [1.165, 1.54) is 6.92 Å². The van der Waals surface area contributed by atoms with Gasteiger partial charge in [0.25, 0.3) is 5.91 Å². The maximum Gasteiger partial charge on any atom is 0.315 e. The standard InChI is InChI=1S/C15H20N2O4/c1-4-9(2)16-14(19)11-7-5-6-8-12(11)17-13(18)10(3)15(20)21/h5-10H,4H2,1-3H3,(H,16,19)(H,17,18)(H,20,21). The lowest BCUT2D eigenvalue weighted by molar-refractivity contribution is -0.144. The Morgan fingerprint density at radius 2 is 1.81 bits per heavy atom. The molecule has 1 rings (SSSR count). The second kappa shape index (κ2) is 7.42. The van der Waals surface area contributed by atoms with Crippen LogP contribution in [0.1, 0.15) is 37.6 Å². The molecule has 21 heavy (non-hydrogen) atoms. The SMILES string of the molecule is CCC(C)NC(=O)c1ccccc1NC(=O)C(C)C(=O)O. The van der Waals surface area contributed by atoms with Crippen LogP contribution in [-0.2, 0) is 9.59 Å². The highest BCUT2D eigenvalue weighted by atomic mass is 16.4. The van der Waals surface area contributed by atoms with Crippen LogP contribution in [-0.4, -0.2) is 28.9 Å². The van der Waals surface area contributed by atoms with Gasteiger partial charge in [0, 0.05) is 6.04 Å². The third-order valence-corrected chi connectivity index (χ3v) is 3.18. The van der Waals surface area contributed by atoms with Gasteiger partial charge in [-0.2, -0.15) is 0 Å². The molecule has 6 nitrogen and oxygen atoms in total.